The van der Waals surface area contributed by atoms with Crippen LogP contribution in [0.4, 0.5) is 10.3 Å². The molecule has 2 aromatic rings. The standard InChI is InChI=1S/C17H18FN5O2/c18-13-7-21-16(22-8-13)23-5-3-17(11-23)12(6-20-15(17)24)10-25-14-2-1-4-19-9-14/h1-2,4,7-9,12H,3,5-6,10-11H2,(H,20,24)/t12-,17-/m0/s1. The molecule has 0 saturated carbocycles. The van der Waals surface area contributed by atoms with E-state index in [0.29, 0.717) is 44.4 Å². The third kappa shape index (κ3) is 2.88. The van der Waals surface area contributed by atoms with E-state index in [1.165, 1.54) is 0 Å². The Balaban J connectivity index is 1.48. The molecule has 2 saturated heterocycles. The van der Waals surface area contributed by atoms with Crippen LogP contribution >= 0.6 is 0 Å². The van der Waals surface area contributed by atoms with Gasteiger partial charge < -0.3 is 15.0 Å². The Labute approximate surface area is 144 Å². The van der Waals surface area contributed by atoms with Crippen LogP contribution in [-0.4, -0.2) is 47.1 Å². The quantitative estimate of drug-likeness (QED) is 0.893. The summed E-state index contributed by atoms with van der Waals surface area (Å²) in [5, 5.41) is 2.96. The molecule has 8 heteroatoms. The lowest BCUT2D eigenvalue weighted by molar-refractivity contribution is -0.128. The fourth-order valence-electron chi connectivity index (χ4n) is 3.61. The van der Waals surface area contributed by atoms with Gasteiger partial charge in [-0.05, 0) is 18.6 Å². The van der Waals surface area contributed by atoms with Gasteiger partial charge in [-0.1, -0.05) is 0 Å². The van der Waals surface area contributed by atoms with E-state index in [1.54, 1.807) is 12.4 Å². The van der Waals surface area contributed by atoms with Crippen LogP contribution in [0.25, 0.3) is 0 Å². The summed E-state index contributed by atoms with van der Waals surface area (Å²) in [6, 6.07) is 3.66. The minimum absolute atomic E-state index is 0.0388. The van der Waals surface area contributed by atoms with E-state index in [1.807, 2.05) is 17.0 Å². The fraction of sp³-hybridized carbons (Fsp3) is 0.412. The summed E-state index contributed by atoms with van der Waals surface area (Å²) in [4.78, 5) is 26.6. The number of ether oxygens (including phenoxy) is 1. The number of halogens is 1. The van der Waals surface area contributed by atoms with Crippen LogP contribution in [0.2, 0.25) is 0 Å². The van der Waals surface area contributed by atoms with Crippen molar-refractivity contribution in [1.82, 2.24) is 20.3 Å². The van der Waals surface area contributed by atoms with Gasteiger partial charge in [0.1, 0.15) is 5.75 Å². The first-order valence-corrected chi connectivity index (χ1v) is 8.21. The molecule has 4 heterocycles. The highest BCUT2D eigenvalue weighted by molar-refractivity contribution is 5.86. The summed E-state index contributed by atoms with van der Waals surface area (Å²) in [6.45, 7) is 2.17. The first-order chi connectivity index (χ1) is 12.2. The summed E-state index contributed by atoms with van der Waals surface area (Å²) >= 11 is 0. The molecule has 0 unspecified atom stereocenters. The molecule has 130 valence electrons. The smallest absolute Gasteiger partial charge is 0.228 e. The number of anilines is 1. The van der Waals surface area contributed by atoms with Crippen molar-refractivity contribution in [2.24, 2.45) is 11.3 Å². The van der Waals surface area contributed by atoms with E-state index in [0.717, 1.165) is 12.4 Å². The van der Waals surface area contributed by atoms with E-state index in [9.17, 15) is 9.18 Å². The molecule has 0 radical (unpaired) electrons. The molecule has 0 aliphatic carbocycles. The molecular weight excluding hydrogens is 325 g/mol. The number of rotatable bonds is 4. The Morgan fingerprint density at radius 1 is 1.36 bits per heavy atom. The molecule has 1 N–H and O–H groups in total. The molecule has 2 aromatic heterocycles. The number of carbonyl (C=O) groups excluding carboxylic acids is 1. The third-order valence-electron chi connectivity index (χ3n) is 5.02. The van der Waals surface area contributed by atoms with Gasteiger partial charge in [0.15, 0.2) is 5.82 Å². The molecule has 2 aliphatic rings. The molecule has 4 rings (SSSR count). The van der Waals surface area contributed by atoms with Crippen LogP contribution in [0.15, 0.2) is 36.9 Å². The largest absolute Gasteiger partial charge is 0.492 e. The third-order valence-corrected chi connectivity index (χ3v) is 5.02. The average Bonchev–Trinajstić information content (AvgIpc) is 3.21. The minimum Gasteiger partial charge on any atom is -0.492 e. The topological polar surface area (TPSA) is 80.2 Å². The van der Waals surface area contributed by atoms with Gasteiger partial charge >= 0.3 is 0 Å². The molecule has 1 amide bonds. The first kappa shape index (κ1) is 15.7. The monoisotopic (exact) mass is 343 g/mol. The van der Waals surface area contributed by atoms with Crippen LogP contribution in [0.5, 0.6) is 5.75 Å². The van der Waals surface area contributed by atoms with E-state index >= 15 is 0 Å². The maximum Gasteiger partial charge on any atom is 0.228 e. The van der Waals surface area contributed by atoms with Gasteiger partial charge in [0, 0.05) is 31.7 Å². The van der Waals surface area contributed by atoms with Crippen LogP contribution in [0.1, 0.15) is 6.42 Å². The van der Waals surface area contributed by atoms with Crippen molar-refractivity contribution < 1.29 is 13.9 Å². The lowest BCUT2D eigenvalue weighted by Gasteiger charge is -2.28. The molecule has 25 heavy (non-hydrogen) atoms. The molecule has 0 aromatic carbocycles. The maximum atomic E-state index is 13.0. The second kappa shape index (κ2) is 6.27. The van der Waals surface area contributed by atoms with E-state index in [4.69, 9.17) is 4.74 Å². The lowest BCUT2D eigenvalue weighted by atomic mass is 9.77. The van der Waals surface area contributed by atoms with Gasteiger partial charge in [0.2, 0.25) is 11.9 Å². The van der Waals surface area contributed by atoms with Crippen molar-refractivity contribution in [1.29, 1.82) is 0 Å². The number of pyridine rings is 1. The van der Waals surface area contributed by atoms with Crippen LogP contribution in [0, 0.1) is 17.2 Å². The number of nitrogens with one attached hydrogen (secondary N) is 1. The summed E-state index contributed by atoms with van der Waals surface area (Å²) in [7, 11) is 0. The van der Waals surface area contributed by atoms with Gasteiger partial charge in [-0.25, -0.2) is 14.4 Å². The molecule has 2 fully saturated rings. The van der Waals surface area contributed by atoms with Crippen molar-refractivity contribution in [3.63, 3.8) is 0 Å². The Kier molecular flexibility index (Phi) is 3.95. The van der Waals surface area contributed by atoms with E-state index < -0.39 is 11.2 Å². The average molecular weight is 343 g/mol. The van der Waals surface area contributed by atoms with Gasteiger partial charge in [-0.2, -0.15) is 0 Å². The van der Waals surface area contributed by atoms with Crippen LogP contribution in [0.3, 0.4) is 0 Å². The zero-order chi connectivity index (χ0) is 17.3. The zero-order valence-corrected chi connectivity index (χ0v) is 13.6. The van der Waals surface area contributed by atoms with Gasteiger partial charge in [0.05, 0.1) is 30.6 Å². The van der Waals surface area contributed by atoms with Crippen molar-refractivity contribution in [3.8, 4) is 5.75 Å². The molecule has 7 nitrogen and oxygen atoms in total. The highest BCUT2D eigenvalue weighted by atomic mass is 19.1. The number of amides is 1. The second-order valence-corrected chi connectivity index (χ2v) is 6.44. The number of nitrogens with zero attached hydrogens (tertiary/aromatic N) is 4. The predicted molar refractivity (Wildman–Crippen MR) is 87.5 cm³/mol. The maximum absolute atomic E-state index is 13.0. The Hall–Kier alpha value is -2.77. The van der Waals surface area contributed by atoms with Gasteiger partial charge in [-0.15, -0.1) is 0 Å². The van der Waals surface area contributed by atoms with Crippen LogP contribution < -0.4 is 15.0 Å². The highest BCUT2D eigenvalue weighted by Gasteiger charge is 2.54. The lowest BCUT2D eigenvalue weighted by Crippen LogP contribution is -2.40. The number of hydrogen-bond acceptors (Lipinski definition) is 6. The minimum atomic E-state index is -0.528. The van der Waals surface area contributed by atoms with E-state index in [2.05, 4.69) is 20.3 Å². The van der Waals surface area contributed by atoms with Crippen molar-refractivity contribution in [2.75, 3.05) is 31.1 Å². The van der Waals surface area contributed by atoms with Crippen molar-refractivity contribution >= 4 is 11.9 Å². The molecule has 2 aliphatic heterocycles. The van der Waals surface area contributed by atoms with Gasteiger partial charge in [-0.3, -0.25) is 9.78 Å². The summed E-state index contributed by atoms with van der Waals surface area (Å²) in [6.07, 6.45) is 6.33. The zero-order valence-electron chi connectivity index (χ0n) is 13.6. The van der Waals surface area contributed by atoms with Crippen molar-refractivity contribution in [3.05, 3.63) is 42.7 Å². The fourth-order valence-corrected chi connectivity index (χ4v) is 3.61. The molecule has 0 bridgehead atoms. The van der Waals surface area contributed by atoms with Crippen molar-refractivity contribution in [2.45, 2.75) is 6.42 Å². The number of aromatic nitrogens is 3. The SMILES string of the molecule is O=C1NC[C@@H](COc2cccnc2)[C@@]12CCN(c1ncc(F)cn1)C2. The summed E-state index contributed by atoms with van der Waals surface area (Å²) < 4.78 is 18.9. The van der Waals surface area contributed by atoms with E-state index in [-0.39, 0.29) is 11.8 Å². The summed E-state index contributed by atoms with van der Waals surface area (Å²) in [5.41, 5.74) is -0.528. The molecule has 1 spiro atoms. The van der Waals surface area contributed by atoms with Gasteiger partial charge in [0.25, 0.3) is 0 Å². The van der Waals surface area contributed by atoms with Crippen LogP contribution in [-0.2, 0) is 4.79 Å². The second-order valence-electron chi connectivity index (χ2n) is 6.44. The predicted octanol–water partition coefficient (Wildman–Crippen LogP) is 1.03. The highest BCUT2D eigenvalue weighted by Crippen LogP contribution is 2.42. The Morgan fingerprint density at radius 3 is 2.96 bits per heavy atom. The molecule has 2 atom stereocenters. The molecular formula is C17H18FN5O2. The number of carbonyl (C=O) groups is 1. The Bertz CT molecular complexity index is 757. The summed E-state index contributed by atoms with van der Waals surface area (Å²) in [5.74, 6) is 0.750. The normalized spacial score (nSPS) is 25.4. The Morgan fingerprint density at radius 2 is 2.20 bits per heavy atom. The first-order valence-electron chi connectivity index (χ1n) is 8.21. The number of hydrogen-bond donors (Lipinski definition) is 1.